The Morgan fingerprint density at radius 3 is 2.15 bits per heavy atom. The van der Waals surface area contributed by atoms with E-state index in [1.165, 1.54) is 4.90 Å². The molecular weight excluding hydrogens is 533 g/mol. The van der Waals surface area contributed by atoms with Gasteiger partial charge < -0.3 is 15.0 Å². The number of aryl methyl sites for hydroxylation is 1. The van der Waals surface area contributed by atoms with Gasteiger partial charge >= 0.3 is 0 Å². The number of nitrogens with zero attached hydrogens (tertiary/aromatic N) is 2. The highest BCUT2D eigenvalue weighted by molar-refractivity contribution is 7.92. The van der Waals surface area contributed by atoms with Crippen LogP contribution in [0.1, 0.15) is 38.3 Å². The number of carbonyl (C=O) groups is 2. The van der Waals surface area contributed by atoms with Gasteiger partial charge in [0, 0.05) is 13.1 Å². The second kappa shape index (κ2) is 13.9. The van der Waals surface area contributed by atoms with E-state index in [9.17, 15) is 22.4 Å². The number of anilines is 1. The molecule has 40 heavy (non-hydrogen) atoms. The number of carbonyl (C=O) groups excluding carboxylic acids is 2. The third kappa shape index (κ3) is 7.81. The quantitative estimate of drug-likeness (QED) is 0.323. The SMILES string of the molecule is CCCNC(=O)C(C)N(Cc1ccc(C)cc1)C(=O)CN(c1ccc(OCC)cc1)S(=O)(=O)c1ccc(F)cc1. The topological polar surface area (TPSA) is 96.0 Å². The van der Waals surface area contributed by atoms with E-state index in [0.717, 1.165) is 46.1 Å². The van der Waals surface area contributed by atoms with Gasteiger partial charge in [0.15, 0.2) is 0 Å². The normalized spacial score (nSPS) is 11.9. The molecule has 1 N–H and O–H groups in total. The van der Waals surface area contributed by atoms with Crippen molar-refractivity contribution < 1.29 is 27.1 Å². The predicted molar refractivity (Wildman–Crippen MR) is 153 cm³/mol. The highest BCUT2D eigenvalue weighted by atomic mass is 32.2. The molecule has 8 nitrogen and oxygen atoms in total. The highest BCUT2D eigenvalue weighted by Crippen LogP contribution is 2.27. The van der Waals surface area contributed by atoms with E-state index in [-0.39, 0.29) is 23.0 Å². The lowest BCUT2D eigenvalue weighted by molar-refractivity contribution is -0.139. The summed E-state index contributed by atoms with van der Waals surface area (Å²) in [5.74, 6) is -0.951. The number of amides is 2. The Bertz CT molecular complexity index is 1380. The minimum atomic E-state index is -4.29. The van der Waals surface area contributed by atoms with Crippen LogP contribution in [0.2, 0.25) is 0 Å². The van der Waals surface area contributed by atoms with Gasteiger partial charge in [-0.2, -0.15) is 0 Å². The Hall–Kier alpha value is -3.92. The number of hydrogen-bond acceptors (Lipinski definition) is 5. The van der Waals surface area contributed by atoms with E-state index in [0.29, 0.717) is 18.9 Å². The van der Waals surface area contributed by atoms with Gasteiger partial charge in [0.25, 0.3) is 10.0 Å². The second-order valence-corrected chi connectivity index (χ2v) is 11.2. The Labute approximate surface area is 235 Å². The van der Waals surface area contributed by atoms with Crippen molar-refractivity contribution in [3.05, 3.63) is 89.7 Å². The third-order valence-corrected chi connectivity index (χ3v) is 8.09. The molecule has 3 aromatic carbocycles. The third-order valence-electron chi connectivity index (χ3n) is 6.31. The first-order valence-corrected chi connectivity index (χ1v) is 14.6. The average molecular weight is 570 g/mol. The molecule has 1 unspecified atom stereocenters. The van der Waals surface area contributed by atoms with E-state index >= 15 is 0 Å². The zero-order chi connectivity index (χ0) is 29.3. The van der Waals surface area contributed by atoms with Gasteiger partial charge in [-0.25, -0.2) is 12.8 Å². The summed E-state index contributed by atoms with van der Waals surface area (Å²) in [7, 11) is -4.29. The molecule has 0 saturated heterocycles. The molecule has 0 fully saturated rings. The summed E-state index contributed by atoms with van der Waals surface area (Å²) in [6, 6.07) is 17.4. The van der Waals surface area contributed by atoms with Gasteiger partial charge in [-0.15, -0.1) is 0 Å². The molecule has 0 saturated carbocycles. The van der Waals surface area contributed by atoms with E-state index in [4.69, 9.17) is 4.74 Å². The Morgan fingerprint density at radius 1 is 0.950 bits per heavy atom. The smallest absolute Gasteiger partial charge is 0.264 e. The molecule has 0 heterocycles. The monoisotopic (exact) mass is 569 g/mol. The van der Waals surface area contributed by atoms with Gasteiger partial charge in [0.1, 0.15) is 24.2 Å². The van der Waals surface area contributed by atoms with Crippen LogP contribution in [0.5, 0.6) is 5.75 Å². The lowest BCUT2D eigenvalue weighted by atomic mass is 10.1. The van der Waals surface area contributed by atoms with Crippen molar-refractivity contribution in [2.45, 2.75) is 51.6 Å². The fraction of sp³-hybridized carbons (Fsp3) is 0.333. The fourth-order valence-corrected chi connectivity index (χ4v) is 5.42. The van der Waals surface area contributed by atoms with Crippen molar-refractivity contribution in [3.63, 3.8) is 0 Å². The van der Waals surface area contributed by atoms with Gasteiger partial charge in [0.05, 0.1) is 17.2 Å². The summed E-state index contributed by atoms with van der Waals surface area (Å²) >= 11 is 0. The minimum Gasteiger partial charge on any atom is -0.494 e. The van der Waals surface area contributed by atoms with Crippen LogP contribution in [0.25, 0.3) is 0 Å². The number of sulfonamides is 1. The van der Waals surface area contributed by atoms with E-state index in [1.807, 2.05) is 45.0 Å². The summed E-state index contributed by atoms with van der Waals surface area (Å²) in [6.45, 7) is 7.73. The number of halogens is 1. The van der Waals surface area contributed by atoms with Crippen molar-refractivity contribution in [1.82, 2.24) is 10.2 Å². The largest absolute Gasteiger partial charge is 0.494 e. The maximum Gasteiger partial charge on any atom is 0.264 e. The summed E-state index contributed by atoms with van der Waals surface area (Å²) in [6.07, 6.45) is 0.728. The van der Waals surface area contributed by atoms with Crippen LogP contribution in [0.3, 0.4) is 0 Å². The van der Waals surface area contributed by atoms with Crippen LogP contribution >= 0.6 is 0 Å². The van der Waals surface area contributed by atoms with Crippen molar-refractivity contribution in [2.24, 2.45) is 0 Å². The van der Waals surface area contributed by atoms with Gasteiger partial charge in [-0.05, 0) is 81.3 Å². The molecule has 2 amide bonds. The molecule has 214 valence electrons. The number of benzene rings is 3. The van der Waals surface area contributed by atoms with E-state index in [2.05, 4.69) is 5.32 Å². The molecule has 0 aromatic heterocycles. The molecule has 0 bridgehead atoms. The molecule has 3 aromatic rings. The molecule has 0 aliphatic heterocycles. The summed E-state index contributed by atoms with van der Waals surface area (Å²) < 4.78 is 47.6. The molecule has 0 aliphatic carbocycles. The number of rotatable bonds is 13. The summed E-state index contributed by atoms with van der Waals surface area (Å²) in [5.41, 5.74) is 2.06. The summed E-state index contributed by atoms with van der Waals surface area (Å²) in [5, 5.41) is 2.81. The zero-order valence-electron chi connectivity index (χ0n) is 23.3. The van der Waals surface area contributed by atoms with Crippen molar-refractivity contribution in [2.75, 3.05) is 24.0 Å². The van der Waals surface area contributed by atoms with Crippen LogP contribution in [0, 0.1) is 12.7 Å². The highest BCUT2D eigenvalue weighted by Gasteiger charge is 2.32. The number of nitrogens with one attached hydrogen (secondary N) is 1. The lowest BCUT2D eigenvalue weighted by Gasteiger charge is -2.32. The lowest BCUT2D eigenvalue weighted by Crippen LogP contribution is -2.51. The first-order chi connectivity index (χ1) is 19.1. The van der Waals surface area contributed by atoms with Crippen LogP contribution < -0.4 is 14.4 Å². The standard InChI is InChI=1S/C30H36FN3O5S/c1-5-19-32-30(36)23(4)33(20-24-9-7-22(3)8-10-24)29(35)21-34(26-13-15-27(16-14-26)39-6-2)40(37,38)28-17-11-25(31)12-18-28/h7-18,23H,5-6,19-21H2,1-4H3,(H,32,36). The number of ether oxygens (including phenoxy) is 1. The molecule has 3 rings (SSSR count). The van der Waals surface area contributed by atoms with Crippen molar-refractivity contribution in [3.8, 4) is 5.75 Å². The van der Waals surface area contributed by atoms with E-state index in [1.54, 1.807) is 31.2 Å². The minimum absolute atomic E-state index is 0.105. The fourth-order valence-electron chi connectivity index (χ4n) is 4.01. The zero-order valence-corrected chi connectivity index (χ0v) is 24.1. The molecular formula is C30H36FN3O5S. The van der Waals surface area contributed by atoms with Crippen LogP contribution in [-0.4, -0.2) is 50.9 Å². The van der Waals surface area contributed by atoms with Crippen molar-refractivity contribution >= 4 is 27.5 Å². The first-order valence-electron chi connectivity index (χ1n) is 13.2. The van der Waals surface area contributed by atoms with E-state index < -0.39 is 34.3 Å². The Kier molecular flexibility index (Phi) is 10.7. The molecule has 0 radical (unpaired) electrons. The van der Waals surface area contributed by atoms with Crippen LogP contribution in [0.4, 0.5) is 10.1 Å². The van der Waals surface area contributed by atoms with Gasteiger partial charge in [-0.3, -0.25) is 13.9 Å². The van der Waals surface area contributed by atoms with Crippen LogP contribution in [-0.2, 0) is 26.2 Å². The van der Waals surface area contributed by atoms with Crippen LogP contribution in [0.15, 0.2) is 77.7 Å². The Morgan fingerprint density at radius 2 is 1.57 bits per heavy atom. The summed E-state index contributed by atoms with van der Waals surface area (Å²) in [4.78, 5) is 28.0. The predicted octanol–water partition coefficient (Wildman–Crippen LogP) is 4.67. The van der Waals surface area contributed by atoms with Gasteiger partial charge in [0.2, 0.25) is 11.8 Å². The maximum atomic E-state index is 13.9. The first kappa shape index (κ1) is 30.6. The van der Waals surface area contributed by atoms with Gasteiger partial charge in [-0.1, -0.05) is 36.8 Å². The Balaban J connectivity index is 2.01. The average Bonchev–Trinajstić information content (AvgIpc) is 2.94. The second-order valence-electron chi connectivity index (χ2n) is 9.37. The maximum absolute atomic E-state index is 13.9. The number of hydrogen-bond donors (Lipinski definition) is 1. The molecule has 0 spiro atoms. The van der Waals surface area contributed by atoms with Crippen molar-refractivity contribution in [1.29, 1.82) is 0 Å². The molecule has 1 atom stereocenters. The molecule has 10 heteroatoms. The molecule has 0 aliphatic rings.